The maximum absolute atomic E-state index is 11.8. The van der Waals surface area contributed by atoms with E-state index in [1.54, 1.807) is 0 Å². The van der Waals surface area contributed by atoms with Gasteiger partial charge in [-0.15, -0.1) is 0 Å². The molecule has 0 fully saturated rings. The Morgan fingerprint density at radius 3 is 2.24 bits per heavy atom. The van der Waals surface area contributed by atoms with E-state index >= 15 is 0 Å². The summed E-state index contributed by atoms with van der Waals surface area (Å²) in [5.41, 5.74) is 0.501. The minimum absolute atomic E-state index is 0.0380. The standard InChI is InChI=1S/C10H9F4NO2/c11-8(12)9(16)15-5-6-1-3-7(4-2-6)17-10(13)14/h1-4,8,10H,5H2,(H,15,16). The van der Waals surface area contributed by atoms with E-state index < -0.39 is 18.9 Å². The third kappa shape index (κ3) is 4.71. The lowest BCUT2D eigenvalue weighted by molar-refractivity contribution is -0.131. The van der Waals surface area contributed by atoms with Gasteiger partial charge >= 0.3 is 13.0 Å². The molecule has 0 saturated heterocycles. The topological polar surface area (TPSA) is 38.3 Å². The fourth-order valence-electron chi connectivity index (χ4n) is 1.06. The SMILES string of the molecule is O=C(NCc1ccc(OC(F)F)cc1)C(F)F. The second-order valence-electron chi connectivity index (χ2n) is 3.04. The summed E-state index contributed by atoms with van der Waals surface area (Å²) in [5, 5.41) is 1.98. The molecule has 94 valence electrons. The van der Waals surface area contributed by atoms with Crippen LogP contribution in [0.2, 0.25) is 0 Å². The van der Waals surface area contributed by atoms with Crippen LogP contribution in [-0.2, 0) is 11.3 Å². The highest BCUT2D eigenvalue weighted by molar-refractivity contribution is 5.79. The van der Waals surface area contributed by atoms with E-state index in [1.165, 1.54) is 24.3 Å². The molecule has 0 aliphatic heterocycles. The van der Waals surface area contributed by atoms with E-state index in [9.17, 15) is 22.4 Å². The fraction of sp³-hybridized carbons (Fsp3) is 0.300. The number of carbonyl (C=O) groups excluding carboxylic acids is 1. The first-order chi connectivity index (χ1) is 7.99. The first-order valence-electron chi connectivity index (χ1n) is 4.58. The van der Waals surface area contributed by atoms with E-state index in [-0.39, 0.29) is 12.3 Å². The third-order valence-corrected chi connectivity index (χ3v) is 1.81. The number of hydrogen-bond donors (Lipinski definition) is 1. The van der Waals surface area contributed by atoms with Gasteiger partial charge in [-0.2, -0.15) is 17.6 Å². The van der Waals surface area contributed by atoms with Crippen LogP contribution in [0.5, 0.6) is 5.75 Å². The van der Waals surface area contributed by atoms with Gasteiger partial charge in [0.1, 0.15) is 5.75 Å². The summed E-state index contributed by atoms with van der Waals surface area (Å²) in [7, 11) is 0. The summed E-state index contributed by atoms with van der Waals surface area (Å²) in [6.45, 7) is -3.02. The number of amides is 1. The van der Waals surface area contributed by atoms with Crippen LogP contribution in [0.4, 0.5) is 17.6 Å². The van der Waals surface area contributed by atoms with Crippen molar-refractivity contribution in [2.45, 2.75) is 19.6 Å². The van der Waals surface area contributed by atoms with Crippen molar-refractivity contribution in [3.63, 3.8) is 0 Å². The van der Waals surface area contributed by atoms with Crippen LogP contribution in [0, 0.1) is 0 Å². The van der Waals surface area contributed by atoms with Crippen molar-refractivity contribution < 1.29 is 27.1 Å². The van der Waals surface area contributed by atoms with E-state index in [1.807, 2.05) is 5.32 Å². The van der Waals surface area contributed by atoms with Crippen LogP contribution in [0.3, 0.4) is 0 Å². The van der Waals surface area contributed by atoms with Crippen LogP contribution in [0.25, 0.3) is 0 Å². The van der Waals surface area contributed by atoms with Gasteiger partial charge in [0.2, 0.25) is 0 Å². The molecule has 0 radical (unpaired) electrons. The first-order valence-corrected chi connectivity index (χ1v) is 4.58. The molecule has 7 heteroatoms. The second kappa shape index (κ2) is 6.07. The number of benzene rings is 1. The second-order valence-corrected chi connectivity index (χ2v) is 3.04. The van der Waals surface area contributed by atoms with Crippen molar-refractivity contribution in [3.05, 3.63) is 29.8 Å². The molecular formula is C10H9F4NO2. The van der Waals surface area contributed by atoms with Crippen LogP contribution in [0.1, 0.15) is 5.56 Å². The molecule has 0 unspecified atom stereocenters. The quantitative estimate of drug-likeness (QED) is 0.814. The molecule has 0 heterocycles. The van der Waals surface area contributed by atoms with Gasteiger partial charge in [-0.25, -0.2) is 0 Å². The summed E-state index contributed by atoms with van der Waals surface area (Å²) in [6.07, 6.45) is -3.07. The summed E-state index contributed by atoms with van der Waals surface area (Å²) in [5.74, 6) is -1.41. The highest BCUT2D eigenvalue weighted by Gasteiger charge is 2.13. The van der Waals surface area contributed by atoms with Gasteiger partial charge in [0, 0.05) is 6.54 Å². The average molecular weight is 251 g/mol. The van der Waals surface area contributed by atoms with Crippen molar-refractivity contribution in [1.82, 2.24) is 5.32 Å². The van der Waals surface area contributed by atoms with Crippen LogP contribution in [-0.4, -0.2) is 18.9 Å². The predicted molar refractivity (Wildman–Crippen MR) is 50.9 cm³/mol. The Balaban J connectivity index is 2.48. The summed E-state index contributed by atoms with van der Waals surface area (Å²) in [4.78, 5) is 10.5. The van der Waals surface area contributed by atoms with Gasteiger partial charge in [0.05, 0.1) is 0 Å². The molecule has 0 spiro atoms. The lowest BCUT2D eigenvalue weighted by atomic mass is 10.2. The van der Waals surface area contributed by atoms with Crippen molar-refractivity contribution in [2.75, 3.05) is 0 Å². The van der Waals surface area contributed by atoms with E-state index in [4.69, 9.17) is 0 Å². The number of halogens is 4. The maximum Gasteiger partial charge on any atom is 0.387 e. The predicted octanol–water partition coefficient (Wildman–Crippen LogP) is 2.17. The van der Waals surface area contributed by atoms with Gasteiger partial charge in [0.15, 0.2) is 0 Å². The molecule has 1 rings (SSSR count). The number of ether oxygens (including phenoxy) is 1. The molecule has 0 bridgehead atoms. The average Bonchev–Trinajstić information content (AvgIpc) is 2.26. The van der Waals surface area contributed by atoms with E-state index in [0.29, 0.717) is 5.56 Å². The molecule has 0 aromatic heterocycles. The van der Waals surface area contributed by atoms with Gasteiger partial charge in [-0.05, 0) is 17.7 Å². The highest BCUT2D eigenvalue weighted by Crippen LogP contribution is 2.14. The van der Waals surface area contributed by atoms with E-state index in [0.717, 1.165) is 0 Å². The zero-order valence-electron chi connectivity index (χ0n) is 8.50. The number of alkyl halides is 4. The molecular weight excluding hydrogens is 242 g/mol. The van der Waals surface area contributed by atoms with Gasteiger partial charge in [0.25, 0.3) is 5.91 Å². The molecule has 1 aromatic carbocycles. The smallest absolute Gasteiger partial charge is 0.387 e. The van der Waals surface area contributed by atoms with Crippen LogP contribution < -0.4 is 10.1 Å². The molecule has 0 saturated carbocycles. The molecule has 3 nitrogen and oxygen atoms in total. The lowest BCUT2D eigenvalue weighted by Gasteiger charge is -2.06. The largest absolute Gasteiger partial charge is 0.435 e. The third-order valence-electron chi connectivity index (χ3n) is 1.81. The molecule has 1 aromatic rings. The Morgan fingerprint density at radius 1 is 1.18 bits per heavy atom. The van der Waals surface area contributed by atoms with Crippen molar-refractivity contribution in [3.8, 4) is 5.75 Å². The van der Waals surface area contributed by atoms with Crippen LogP contribution >= 0.6 is 0 Å². The molecule has 17 heavy (non-hydrogen) atoms. The lowest BCUT2D eigenvalue weighted by Crippen LogP contribution is -2.28. The minimum Gasteiger partial charge on any atom is -0.435 e. The Bertz CT molecular complexity index is 367. The normalized spacial score (nSPS) is 10.7. The number of nitrogens with one attached hydrogen (secondary N) is 1. The van der Waals surface area contributed by atoms with Crippen molar-refractivity contribution in [2.24, 2.45) is 0 Å². The summed E-state index contributed by atoms with van der Waals surface area (Å²) < 4.78 is 51.3. The van der Waals surface area contributed by atoms with Crippen LogP contribution in [0.15, 0.2) is 24.3 Å². The monoisotopic (exact) mass is 251 g/mol. The zero-order chi connectivity index (χ0) is 12.8. The highest BCUT2D eigenvalue weighted by atomic mass is 19.3. The van der Waals surface area contributed by atoms with Gasteiger partial charge in [-0.1, -0.05) is 12.1 Å². The van der Waals surface area contributed by atoms with Crippen molar-refractivity contribution in [1.29, 1.82) is 0 Å². The minimum atomic E-state index is -3.07. The Kier molecular flexibility index (Phi) is 4.74. The van der Waals surface area contributed by atoms with Gasteiger partial charge < -0.3 is 10.1 Å². The number of hydrogen-bond acceptors (Lipinski definition) is 2. The number of carbonyl (C=O) groups is 1. The Hall–Kier alpha value is -1.79. The number of rotatable bonds is 5. The summed E-state index contributed by atoms with van der Waals surface area (Å²) in [6, 6.07) is 5.30. The fourth-order valence-corrected chi connectivity index (χ4v) is 1.06. The Morgan fingerprint density at radius 2 is 1.76 bits per heavy atom. The zero-order valence-corrected chi connectivity index (χ0v) is 8.50. The molecule has 1 amide bonds. The molecule has 1 N–H and O–H groups in total. The van der Waals surface area contributed by atoms with Crippen molar-refractivity contribution >= 4 is 5.91 Å². The summed E-state index contributed by atoms with van der Waals surface area (Å²) >= 11 is 0. The molecule has 0 atom stereocenters. The first kappa shape index (κ1) is 13.3. The van der Waals surface area contributed by atoms with E-state index in [2.05, 4.69) is 4.74 Å². The maximum atomic E-state index is 11.8. The molecule has 0 aliphatic carbocycles. The Labute approximate surface area is 94.4 Å². The molecule has 0 aliphatic rings. The van der Waals surface area contributed by atoms with Gasteiger partial charge in [-0.3, -0.25) is 4.79 Å².